The Balaban J connectivity index is 2.06. The highest BCUT2D eigenvalue weighted by molar-refractivity contribution is 6.30. The number of esters is 1. The van der Waals surface area contributed by atoms with Gasteiger partial charge in [-0.05, 0) is 36.4 Å². The van der Waals surface area contributed by atoms with E-state index in [1.165, 1.54) is 0 Å². The Morgan fingerprint density at radius 2 is 1.68 bits per heavy atom. The van der Waals surface area contributed by atoms with Crippen LogP contribution in [0.15, 0.2) is 48.5 Å². The minimum Gasteiger partial charge on any atom is -0.456 e. The van der Waals surface area contributed by atoms with Gasteiger partial charge in [0, 0.05) is 17.1 Å². The van der Waals surface area contributed by atoms with Crippen LogP contribution in [-0.2, 0) is 14.3 Å². The number of ether oxygens (including phenoxy) is 1. The van der Waals surface area contributed by atoms with Crippen molar-refractivity contribution in [2.45, 2.75) is 13.3 Å². The zero-order chi connectivity index (χ0) is 18.2. The Kier molecular flexibility index (Phi) is 6.54. The smallest absolute Gasteiger partial charge is 0.306 e. The highest BCUT2D eigenvalue weighted by Crippen LogP contribution is 2.19. The third kappa shape index (κ3) is 5.61. The molecular formula is C18H17ClN2O4. The molecule has 2 N–H and O–H groups in total. The first-order chi connectivity index (χ1) is 12.0. The van der Waals surface area contributed by atoms with Crippen molar-refractivity contribution < 1.29 is 19.1 Å². The summed E-state index contributed by atoms with van der Waals surface area (Å²) >= 11 is 5.81. The molecule has 0 bridgehead atoms. The summed E-state index contributed by atoms with van der Waals surface area (Å²) in [5.74, 6) is -1.37. The van der Waals surface area contributed by atoms with Crippen molar-refractivity contribution in [2.24, 2.45) is 0 Å². The molecule has 0 saturated heterocycles. The lowest BCUT2D eigenvalue weighted by Gasteiger charge is -2.11. The molecule has 0 heterocycles. The molecule has 0 atom stereocenters. The maximum Gasteiger partial charge on any atom is 0.306 e. The van der Waals surface area contributed by atoms with Gasteiger partial charge >= 0.3 is 5.97 Å². The van der Waals surface area contributed by atoms with Crippen molar-refractivity contribution in [3.63, 3.8) is 0 Å². The lowest BCUT2D eigenvalue weighted by atomic mass is 10.1. The van der Waals surface area contributed by atoms with E-state index in [1.807, 2.05) is 0 Å². The van der Waals surface area contributed by atoms with Gasteiger partial charge in [0.2, 0.25) is 0 Å². The van der Waals surface area contributed by atoms with Crippen LogP contribution in [0.2, 0.25) is 5.02 Å². The Hall–Kier alpha value is -2.86. The maximum atomic E-state index is 12.4. The summed E-state index contributed by atoms with van der Waals surface area (Å²) in [5.41, 5.74) is 1.19. The minimum absolute atomic E-state index is 0.188. The zero-order valence-corrected chi connectivity index (χ0v) is 14.3. The number of para-hydroxylation sites is 1. The molecule has 0 saturated carbocycles. The second-order valence-corrected chi connectivity index (χ2v) is 5.51. The summed E-state index contributed by atoms with van der Waals surface area (Å²) in [6.07, 6.45) is 0.188. The van der Waals surface area contributed by atoms with Crippen molar-refractivity contribution >= 4 is 40.8 Å². The summed E-state index contributed by atoms with van der Waals surface area (Å²) in [5, 5.41) is 5.85. The van der Waals surface area contributed by atoms with E-state index < -0.39 is 18.5 Å². The first-order valence-corrected chi connectivity index (χ1v) is 7.99. The molecule has 7 heteroatoms. The van der Waals surface area contributed by atoms with Crippen LogP contribution in [-0.4, -0.2) is 24.4 Å². The molecule has 0 aliphatic rings. The average molecular weight is 361 g/mol. The summed E-state index contributed by atoms with van der Waals surface area (Å²) in [4.78, 5) is 35.4. The number of benzene rings is 2. The first-order valence-electron chi connectivity index (χ1n) is 7.61. The maximum absolute atomic E-state index is 12.4. The van der Waals surface area contributed by atoms with E-state index in [0.717, 1.165) is 0 Å². The monoisotopic (exact) mass is 360 g/mol. The molecule has 2 rings (SSSR count). The number of rotatable bonds is 6. The number of carbonyl (C=O) groups is 3. The SMILES string of the molecule is CCC(=O)OCC(=O)Nc1ccccc1C(=O)Nc1ccc(Cl)cc1. The third-order valence-electron chi connectivity index (χ3n) is 3.20. The Morgan fingerprint density at radius 3 is 2.36 bits per heavy atom. The summed E-state index contributed by atoms with van der Waals surface area (Å²) in [6.45, 7) is 1.23. The second-order valence-electron chi connectivity index (χ2n) is 5.07. The van der Waals surface area contributed by atoms with E-state index in [9.17, 15) is 14.4 Å². The van der Waals surface area contributed by atoms with Gasteiger partial charge < -0.3 is 15.4 Å². The highest BCUT2D eigenvalue weighted by Gasteiger charge is 2.14. The molecule has 0 unspecified atom stereocenters. The van der Waals surface area contributed by atoms with Crippen molar-refractivity contribution in [1.29, 1.82) is 0 Å². The molecule has 2 aromatic carbocycles. The number of carbonyl (C=O) groups excluding carboxylic acids is 3. The van der Waals surface area contributed by atoms with Crippen molar-refractivity contribution in [2.75, 3.05) is 17.2 Å². The molecule has 130 valence electrons. The van der Waals surface area contributed by atoms with Gasteiger partial charge in [0.15, 0.2) is 6.61 Å². The Morgan fingerprint density at radius 1 is 1.00 bits per heavy atom. The molecule has 25 heavy (non-hydrogen) atoms. The molecule has 0 spiro atoms. The predicted octanol–water partition coefficient (Wildman–Crippen LogP) is 3.48. The number of hydrogen-bond acceptors (Lipinski definition) is 4. The number of halogens is 1. The van der Waals surface area contributed by atoms with Crippen LogP contribution in [0, 0.1) is 0 Å². The van der Waals surface area contributed by atoms with Gasteiger partial charge in [-0.15, -0.1) is 0 Å². The third-order valence-corrected chi connectivity index (χ3v) is 3.45. The number of hydrogen-bond donors (Lipinski definition) is 2. The number of nitrogens with one attached hydrogen (secondary N) is 2. The Labute approximate surface area is 150 Å². The number of amides is 2. The fourth-order valence-corrected chi connectivity index (χ4v) is 2.08. The molecule has 0 aromatic heterocycles. The van der Waals surface area contributed by atoms with Crippen LogP contribution >= 0.6 is 11.6 Å². The number of anilines is 2. The standard InChI is InChI=1S/C18H17ClN2O4/c1-2-17(23)25-11-16(22)21-15-6-4-3-5-14(15)18(24)20-13-9-7-12(19)8-10-13/h3-10H,2,11H2,1H3,(H,20,24)(H,21,22). The van der Waals surface area contributed by atoms with Crippen LogP contribution in [0.5, 0.6) is 0 Å². The fraction of sp³-hybridized carbons (Fsp3) is 0.167. The molecule has 2 amide bonds. The topological polar surface area (TPSA) is 84.5 Å². The summed E-state index contributed by atoms with van der Waals surface area (Å²) in [6, 6.07) is 13.2. The van der Waals surface area contributed by atoms with Crippen molar-refractivity contribution in [1.82, 2.24) is 0 Å². The van der Waals surface area contributed by atoms with Crippen LogP contribution in [0.25, 0.3) is 0 Å². The van der Waals surface area contributed by atoms with Gasteiger partial charge in [0.1, 0.15) is 0 Å². The quantitative estimate of drug-likeness (QED) is 0.772. The van der Waals surface area contributed by atoms with E-state index in [0.29, 0.717) is 16.4 Å². The molecule has 0 fully saturated rings. The van der Waals surface area contributed by atoms with E-state index in [2.05, 4.69) is 10.6 Å². The lowest BCUT2D eigenvalue weighted by Crippen LogP contribution is -2.22. The van der Waals surface area contributed by atoms with E-state index >= 15 is 0 Å². The molecule has 0 aliphatic carbocycles. The van der Waals surface area contributed by atoms with Crippen LogP contribution in [0.3, 0.4) is 0 Å². The predicted molar refractivity (Wildman–Crippen MR) is 95.7 cm³/mol. The van der Waals surface area contributed by atoms with Gasteiger partial charge in [-0.25, -0.2) is 0 Å². The van der Waals surface area contributed by atoms with E-state index in [-0.39, 0.29) is 17.9 Å². The summed E-state index contributed by atoms with van der Waals surface area (Å²) in [7, 11) is 0. The highest BCUT2D eigenvalue weighted by atomic mass is 35.5. The van der Waals surface area contributed by atoms with Gasteiger partial charge in [-0.1, -0.05) is 30.7 Å². The van der Waals surface area contributed by atoms with Crippen LogP contribution < -0.4 is 10.6 Å². The Bertz CT molecular complexity index is 775. The molecule has 2 aromatic rings. The second kappa shape index (κ2) is 8.84. The minimum atomic E-state index is -0.520. The van der Waals surface area contributed by atoms with Crippen LogP contribution in [0.1, 0.15) is 23.7 Å². The normalized spacial score (nSPS) is 10.0. The molecule has 0 radical (unpaired) electrons. The fourth-order valence-electron chi connectivity index (χ4n) is 1.96. The van der Waals surface area contributed by atoms with Crippen molar-refractivity contribution in [3.05, 3.63) is 59.1 Å². The molecule has 6 nitrogen and oxygen atoms in total. The van der Waals surface area contributed by atoms with Gasteiger partial charge in [-0.3, -0.25) is 14.4 Å². The van der Waals surface area contributed by atoms with Gasteiger partial charge in [0.25, 0.3) is 11.8 Å². The summed E-state index contributed by atoms with van der Waals surface area (Å²) < 4.78 is 4.77. The van der Waals surface area contributed by atoms with Crippen molar-refractivity contribution in [3.8, 4) is 0 Å². The van der Waals surface area contributed by atoms with E-state index in [4.69, 9.17) is 16.3 Å². The lowest BCUT2D eigenvalue weighted by molar-refractivity contribution is -0.146. The van der Waals surface area contributed by atoms with Crippen LogP contribution in [0.4, 0.5) is 11.4 Å². The largest absolute Gasteiger partial charge is 0.456 e. The molecule has 0 aliphatic heterocycles. The first kappa shape index (κ1) is 18.5. The van der Waals surface area contributed by atoms with Gasteiger partial charge in [0.05, 0.1) is 11.3 Å². The zero-order valence-electron chi connectivity index (χ0n) is 13.5. The molecular weight excluding hydrogens is 344 g/mol. The van der Waals surface area contributed by atoms with E-state index in [1.54, 1.807) is 55.5 Å². The average Bonchev–Trinajstić information content (AvgIpc) is 2.62. The van der Waals surface area contributed by atoms with Gasteiger partial charge in [-0.2, -0.15) is 0 Å².